The molecule has 0 unspecified atom stereocenters. The second-order valence-electron chi connectivity index (χ2n) is 5.07. The van der Waals surface area contributed by atoms with Crippen LogP contribution in [0.25, 0.3) is 0 Å². The van der Waals surface area contributed by atoms with Gasteiger partial charge in [0, 0.05) is 18.0 Å². The Bertz CT molecular complexity index is 674. The van der Waals surface area contributed by atoms with E-state index in [1.165, 1.54) is 4.90 Å². The Morgan fingerprint density at radius 2 is 1.50 bits per heavy atom. The van der Waals surface area contributed by atoms with Gasteiger partial charge in [-0.1, -0.05) is 18.2 Å². The first-order valence-electron chi connectivity index (χ1n) is 7.51. The predicted molar refractivity (Wildman–Crippen MR) is 96.8 cm³/mol. The van der Waals surface area contributed by atoms with E-state index in [1.54, 1.807) is 26.0 Å². The van der Waals surface area contributed by atoms with Gasteiger partial charge in [-0.25, -0.2) is 4.79 Å². The highest BCUT2D eigenvalue weighted by Gasteiger charge is 2.06. The van der Waals surface area contributed by atoms with Gasteiger partial charge in [0.1, 0.15) is 0 Å². The van der Waals surface area contributed by atoms with Crippen LogP contribution < -0.4 is 20.1 Å². The maximum atomic E-state index is 11.9. The molecule has 0 atom stereocenters. The van der Waals surface area contributed by atoms with E-state index in [2.05, 4.69) is 10.6 Å². The number of nitrogens with one attached hydrogen (secondary N) is 2. The van der Waals surface area contributed by atoms with E-state index in [0.717, 1.165) is 11.1 Å². The Hall–Kier alpha value is -2.34. The maximum Gasteiger partial charge on any atom is 0.315 e. The van der Waals surface area contributed by atoms with Crippen molar-refractivity contribution in [2.24, 2.45) is 0 Å². The van der Waals surface area contributed by atoms with Crippen molar-refractivity contribution in [3.8, 4) is 11.5 Å². The van der Waals surface area contributed by atoms with Crippen molar-refractivity contribution < 1.29 is 14.3 Å². The maximum absolute atomic E-state index is 11.9. The van der Waals surface area contributed by atoms with Gasteiger partial charge in [-0.05, 0) is 41.6 Å². The summed E-state index contributed by atoms with van der Waals surface area (Å²) >= 11 is 1.69. The first-order valence-corrected chi connectivity index (χ1v) is 8.74. The third-order valence-electron chi connectivity index (χ3n) is 3.51. The monoisotopic (exact) mass is 346 g/mol. The molecule has 0 fully saturated rings. The fourth-order valence-corrected chi connectivity index (χ4v) is 2.57. The molecule has 5 nitrogen and oxygen atoms in total. The minimum atomic E-state index is -0.210. The lowest BCUT2D eigenvalue weighted by atomic mass is 10.2. The van der Waals surface area contributed by atoms with E-state index in [9.17, 15) is 4.79 Å². The predicted octanol–water partition coefficient (Wildman–Crippen LogP) is 3.43. The van der Waals surface area contributed by atoms with Gasteiger partial charge in [-0.3, -0.25) is 0 Å². The smallest absolute Gasteiger partial charge is 0.315 e. The molecule has 0 spiro atoms. The van der Waals surface area contributed by atoms with Gasteiger partial charge in [0.05, 0.1) is 14.2 Å². The van der Waals surface area contributed by atoms with Crippen molar-refractivity contribution in [3.63, 3.8) is 0 Å². The minimum Gasteiger partial charge on any atom is -0.493 e. The molecule has 0 radical (unpaired) electrons. The lowest BCUT2D eigenvalue weighted by Crippen LogP contribution is -2.34. The Labute approximate surface area is 146 Å². The van der Waals surface area contributed by atoms with E-state index in [-0.39, 0.29) is 6.03 Å². The van der Waals surface area contributed by atoms with Gasteiger partial charge in [0.15, 0.2) is 11.5 Å². The first-order chi connectivity index (χ1) is 11.7. The Kier molecular flexibility index (Phi) is 6.81. The fourth-order valence-electron chi connectivity index (χ4n) is 2.16. The molecular weight excluding hydrogens is 324 g/mol. The standard InChI is InChI=1S/C18H22N2O3S/c1-22-16-9-6-14(10-17(16)23-2)12-20-18(21)19-11-13-4-7-15(24-3)8-5-13/h4-10H,11-12H2,1-3H3,(H2,19,20,21). The van der Waals surface area contributed by atoms with Gasteiger partial charge in [0.25, 0.3) is 0 Å². The third-order valence-corrected chi connectivity index (χ3v) is 4.26. The number of hydrogen-bond donors (Lipinski definition) is 2. The molecule has 128 valence electrons. The molecule has 2 rings (SSSR count). The minimum absolute atomic E-state index is 0.210. The summed E-state index contributed by atoms with van der Waals surface area (Å²) in [4.78, 5) is 13.1. The van der Waals surface area contributed by atoms with Crippen molar-refractivity contribution in [2.75, 3.05) is 20.5 Å². The van der Waals surface area contributed by atoms with Crippen LogP contribution in [0.15, 0.2) is 47.4 Å². The van der Waals surface area contributed by atoms with Gasteiger partial charge >= 0.3 is 6.03 Å². The van der Waals surface area contributed by atoms with Gasteiger partial charge in [-0.15, -0.1) is 11.8 Å². The molecule has 0 aliphatic heterocycles. The molecule has 0 bridgehead atoms. The lowest BCUT2D eigenvalue weighted by Gasteiger charge is -2.11. The van der Waals surface area contributed by atoms with E-state index in [0.29, 0.717) is 24.6 Å². The number of urea groups is 1. The number of carbonyl (C=O) groups is 1. The highest BCUT2D eigenvalue weighted by atomic mass is 32.2. The van der Waals surface area contributed by atoms with Crippen molar-refractivity contribution in [2.45, 2.75) is 18.0 Å². The lowest BCUT2D eigenvalue weighted by molar-refractivity contribution is 0.240. The summed E-state index contributed by atoms with van der Waals surface area (Å²) in [6.07, 6.45) is 2.04. The third kappa shape index (κ3) is 5.09. The second kappa shape index (κ2) is 9.08. The SMILES string of the molecule is COc1ccc(CNC(=O)NCc2ccc(SC)cc2)cc1OC. The second-order valence-corrected chi connectivity index (χ2v) is 5.95. The normalized spacial score (nSPS) is 10.1. The zero-order chi connectivity index (χ0) is 17.4. The summed E-state index contributed by atoms with van der Waals surface area (Å²) < 4.78 is 10.4. The fraction of sp³-hybridized carbons (Fsp3) is 0.278. The molecule has 0 aromatic heterocycles. The van der Waals surface area contributed by atoms with Crippen LogP contribution in [-0.2, 0) is 13.1 Å². The highest BCUT2D eigenvalue weighted by molar-refractivity contribution is 7.98. The summed E-state index contributed by atoms with van der Waals surface area (Å²) in [5.74, 6) is 1.31. The molecular formula is C18H22N2O3S. The number of carbonyl (C=O) groups excluding carboxylic acids is 1. The van der Waals surface area contributed by atoms with Crippen molar-refractivity contribution in [1.29, 1.82) is 0 Å². The molecule has 6 heteroatoms. The van der Waals surface area contributed by atoms with Crippen LogP contribution in [0.4, 0.5) is 4.79 Å². The first kappa shape index (κ1) is 18.0. The van der Waals surface area contributed by atoms with E-state index in [4.69, 9.17) is 9.47 Å². The molecule has 0 heterocycles. The number of benzene rings is 2. The number of rotatable bonds is 7. The van der Waals surface area contributed by atoms with Crippen LogP contribution in [-0.4, -0.2) is 26.5 Å². The van der Waals surface area contributed by atoms with Crippen molar-refractivity contribution >= 4 is 17.8 Å². The number of amides is 2. The number of hydrogen-bond acceptors (Lipinski definition) is 4. The van der Waals surface area contributed by atoms with E-state index >= 15 is 0 Å². The summed E-state index contributed by atoms with van der Waals surface area (Å²) in [5.41, 5.74) is 2.00. The zero-order valence-electron chi connectivity index (χ0n) is 14.1. The molecule has 0 saturated heterocycles. The van der Waals surface area contributed by atoms with Crippen LogP contribution in [0.3, 0.4) is 0 Å². The summed E-state index contributed by atoms with van der Waals surface area (Å²) in [7, 11) is 3.18. The molecule has 2 aromatic rings. The zero-order valence-corrected chi connectivity index (χ0v) is 14.9. The van der Waals surface area contributed by atoms with E-state index in [1.807, 2.05) is 48.7 Å². The molecule has 24 heavy (non-hydrogen) atoms. The molecule has 2 aromatic carbocycles. The Balaban J connectivity index is 1.82. The molecule has 0 saturated carbocycles. The number of methoxy groups -OCH3 is 2. The quantitative estimate of drug-likeness (QED) is 0.754. The molecule has 2 N–H and O–H groups in total. The average molecular weight is 346 g/mol. The van der Waals surface area contributed by atoms with Gasteiger partial charge in [-0.2, -0.15) is 0 Å². The van der Waals surface area contributed by atoms with Gasteiger partial charge in [0.2, 0.25) is 0 Å². The van der Waals surface area contributed by atoms with Crippen LogP contribution >= 0.6 is 11.8 Å². The number of ether oxygens (including phenoxy) is 2. The summed E-state index contributed by atoms with van der Waals surface area (Å²) in [5, 5.41) is 5.68. The Morgan fingerprint density at radius 3 is 2.08 bits per heavy atom. The largest absolute Gasteiger partial charge is 0.493 e. The van der Waals surface area contributed by atoms with Crippen molar-refractivity contribution in [3.05, 3.63) is 53.6 Å². The topological polar surface area (TPSA) is 59.6 Å². The van der Waals surface area contributed by atoms with Crippen LogP contribution in [0.1, 0.15) is 11.1 Å². The Morgan fingerprint density at radius 1 is 0.917 bits per heavy atom. The average Bonchev–Trinajstić information content (AvgIpc) is 2.64. The van der Waals surface area contributed by atoms with Crippen molar-refractivity contribution in [1.82, 2.24) is 10.6 Å². The van der Waals surface area contributed by atoms with Crippen LogP contribution in [0.2, 0.25) is 0 Å². The molecule has 0 aliphatic rings. The highest BCUT2D eigenvalue weighted by Crippen LogP contribution is 2.27. The van der Waals surface area contributed by atoms with Crippen LogP contribution in [0.5, 0.6) is 11.5 Å². The van der Waals surface area contributed by atoms with E-state index < -0.39 is 0 Å². The van der Waals surface area contributed by atoms with Crippen LogP contribution in [0, 0.1) is 0 Å². The summed E-state index contributed by atoms with van der Waals surface area (Å²) in [6, 6.07) is 13.5. The molecule has 2 amide bonds. The summed E-state index contributed by atoms with van der Waals surface area (Å²) in [6.45, 7) is 0.907. The number of thioether (sulfide) groups is 1. The molecule has 0 aliphatic carbocycles. The van der Waals surface area contributed by atoms with Gasteiger partial charge < -0.3 is 20.1 Å².